The molecule has 0 radical (unpaired) electrons. The molecular formula is C26H24FN5O. The largest absolute Gasteiger partial charge is 0.354 e. The van der Waals surface area contributed by atoms with Crippen LogP contribution >= 0.6 is 0 Å². The molecule has 1 saturated heterocycles. The first-order valence-corrected chi connectivity index (χ1v) is 11.3. The summed E-state index contributed by atoms with van der Waals surface area (Å²) in [6.07, 6.45) is 4.20. The van der Waals surface area contributed by atoms with Crippen molar-refractivity contribution in [3.63, 3.8) is 0 Å². The van der Waals surface area contributed by atoms with E-state index in [1.54, 1.807) is 6.20 Å². The molecule has 3 N–H and O–H groups in total. The number of fused-ring (bicyclic) bond motifs is 2. The smallest absolute Gasteiger partial charge is 0.257 e. The highest BCUT2D eigenvalue weighted by molar-refractivity contribution is 5.90. The zero-order valence-electron chi connectivity index (χ0n) is 18.1. The topological polar surface area (TPSA) is 80.6 Å². The second kappa shape index (κ2) is 8.01. The fourth-order valence-corrected chi connectivity index (χ4v) is 4.74. The van der Waals surface area contributed by atoms with E-state index in [0.717, 1.165) is 58.3 Å². The lowest BCUT2D eigenvalue weighted by Crippen LogP contribution is -2.33. The summed E-state index contributed by atoms with van der Waals surface area (Å²) in [5, 5.41) is 8.88. The van der Waals surface area contributed by atoms with E-state index in [1.165, 1.54) is 5.56 Å². The fraction of sp³-hybridized carbons (Fsp3) is 0.231. The minimum Gasteiger partial charge on any atom is -0.354 e. The van der Waals surface area contributed by atoms with Gasteiger partial charge in [-0.25, -0.2) is 4.39 Å². The Hall–Kier alpha value is -3.71. The van der Waals surface area contributed by atoms with E-state index in [4.69, 9.17) is 0 Å². The number of nitrogens with one attached hydrogen (secondary N) is 3. The Labute approximate surface area is 189 Å². The number of nitrogens with zero attached hydrogens (tertiary/aromatic N) is 2. The lowest BCUT2D eigenvalue weighted by atomic mass is 10.0. The summed E-state index contributed by atoms with van der Waals surface area (Å²) in [6, 6.07) is 16.2. The number of pyridine rings is 1. The molecule has 3 aromatic heterocycles. The van der Waals surface area contributed by atoms with Crippen LogP contribution in [-0.2, 0) is 6.54 Å². The monoisotopic (exact) mass is 441 g/mol. The van der Waals surface area contributed by atoms with Crippen molar-refractivity contribution in [1.29, 1.82) is 0 Å². The van der Waals surface area contributed by atoms with Crippen LogP contribution in [0.3, 0.4) is 0 Å². The van der Waals surface area contributed by atoms with Crippen LogP contribution in [0.2, 0.25) is 0 Å². The molecule has 1 fully saturated rings. The van der Waals surface area contributed by atoms with E-state index in [2.05, 4.69) is 49.3 Å². The number of halogens is 1. The predicted octanol–water partition coefficient (Wildman–Crippen LogP) is 5.00. The van der Waals surface area contributed by atoms with E-state index < -0.39 is 6.17 Å². The van der Waals surface area contributed by atoms with Crippen LogP contribution in [0.4, 0.5) is 4.39 Å². The molecule has 0 aliphatic carbocycles. The third-order valence-corrected chi connectivity index (χ3v) is 6.57. The Morgan fingerprint density at radius 3 is 2.55 bits per heavy atom. The zero-order valence-corrected chi connectivity index (χ0v) is 18.1. The van der Waals surface area contributed by atoms with Crippen molar-refractivity contribution in [3.05, 3.63) is 76.8 Å². The summed E-state index contributed by atoms with van der Waals surface area (Å²) < 4.78 is 13.4. The third-order valence-electron chi connectivity index (χ3n) is 6.57. The van der Waals surface area contributed by atoms with Gasteiger partial charge in [-0.05, 0) is 65.8 Å². The van der Waals surface area contributed by atoms with E-state index in [-0.39, 0.29) is 5.56 Å². The van der Waals surface area contributed by atoms with Crippen molar-refractivity contribution in [1.82, 2.24) is 25.1 Å². The predicted molar refractivity (Wildman–Crippen MR) is 129 cm³/mol. The number of aromatic amines is 3. The van der Waals surface area contributed by atoms with Crippen LogP contribution in [0.15, 0.2) is 65.7 Å². The molecule has 33 heavy (non-hydrogen) atoms. The van der Waals surface area contributed by atoms with Crippen molar-refractivity contribution < 1.29 is 4.39 Å². The maximum atomic E-state index is 13.4. The van der Waals surface area contributed by atoms with E-state index >= 15 is 0 Å². The summed E-state index contributed by atoms with van der Waals surface area (Å²) in [5.74, 6) is 0. The van der Waals surface area contributed by atoms with Crippen LogP contribution < -0.4 is 5.56 Å². The standard InChI is InChI=1S/C26H24FN5O/c27-21-5-7-32(8-6-21)15-16-1-3-23-18(9-16)12-25(30-23)22-11-19-10-17(20-13-28-29-14-20)2-4-24(19)31-26(22)33/h1-4,9-14,21,30H,5-8,15H2,(H,28,29)(H,31,33). The maximum Gasteiger partial charge on any atom is 0.257 e. The third kappa shape index (κ3) is 3.85. The summed E-state index contributed by atoms with van der Waals surface area (Å²) >= 11 is 0. The molecule has 0 unspecified atom stereocenters. The van der Waals surface area contributed by atoms with Crippen molar-refractivity contribution in [2.75, 3.05) is 13.1 Å². The number of likely N-dealkylation sites (tertiary alicyclic amines) is 1. The molecule has 4 heterocycles. The van der Waals surface area contributed by atoms with Gasteiger partial charge < -0.3 is 9.97 Å². The van der Waals surface area contributed by atoms with Gasteiger partial charge in [0.05, 0.1) is 17.5 Å². The summed E-state index contributed by atoms with van der Waals surface area (Å²) in [5.41, 5.74) is 6.29. The minimum atomic E-state index is -0.660. The molecule has 0 atom stereocenters. The van der Waals surface area contributed by atoms with Crippen LogP contribution in [-0.4, -0.2) is 44.3 Å². The van der Waals surface area contributed by atoms with Crippen molar-refractivity contribution in [3.8, 4) is 22.4 Å². The minimum absolute atomic E-state index is 0.126. The van der Waals surface area contributed by atoms with Gasteiger partial charge in [0.1, 0.15) is 6.17 Å². The Bertz CT molecular complexity index is 1490. The Morgan fingerprint density at radius 2 is 1.73 bits per heavy atom. The molecule has 6 nitrogen and oxygen atoms in total. The normalized spacial score (nSPS) is 15.5. The van der Waals surface area contributed by atoms with E-state index in [1.807, 2.05) is 30.5 Å². The first-order valence-electron chi connectivity index (χ1n) is 11.3. The molecule has 6 rings (SSSR count). The van der Waals surface area contributed by atoms with Crippen molar-refractivity contribution in [2.45, 2.75) is 25.6 Å². The van der Waals surface area contributed by atoms with Gasteiger partial charge in [0.2, 0.25) is 0 Å². The van der Waals surface area contributed by atoms with Crippen LogP contribution in [0.25, 0.3) is 44.2 Å². The number of aromatic nitrogens is 4. The Kier molecular flexibility index (Phi) is 4.84. The first-order chi connectivity index (χ1) is 16.1. The molecule has 7 heteroatoms. The molecule has 2 aromatic carbocycles. The summed E-state index contributed by atoms with van der Waals surface area (Å²) in [4.78, 5) is 21.6. The van der Waals surface area contributed by atoms with Gasteiger partial charge in [-0.2, -0.15) is 5.10 Å². The number of piperidine rings is 1. The fourth-order valence-electron chi connectivity index (χ4n) is 4.74. The second-order valence-corrected chi connectivity index (χ2v) is 8.86. The van der Waals surface area contributed by atoms with E-state index in [9.17, 15) is 9.18 Å². The molecular weight excluding hydrogens is 417 g/mol. The maximum absolute atomic E-state index is 13.4. The molecule has 0 spiro atoms. The van der Waals surface area contributed by atoms with Crippen LogP contribution in [0, 0.1) is 0 Å². The lowest BCUT2D eigenvalue weighted by Gasteiger charge is -2.28. The number of rotatable bonds is 4. The van der Waals surface area contributed by atoms with Crippen molar-refractivity contribution >= 4 is 21.8 Å². The molecule has 0 bridgehead atoms. The Balaban J connectivity index is 1.34. The first kappa shape index (κ1) is 19.9. The lowest BCUT2D eigenvalue weighted by molar-refractivity contribution is 0.145. The summed E-state index contributed by atoms with van der Waals surface area (Å²) in [6.45, 7) is 2.41. The SMILES string of the molecule is O=c1[nH]c2ccc(-c3cn[nH]c3)cc2cc1-c1cc2cc(CN3CCC(F)CC3)ccc2[nH]1. The quantitative estimate of drug-likeness (QED) is 0.367. The molecule has 0 amide bonds. The van der Waals surface area contributed by atoms with Gasteiger partial charge in [-0.15, -0.1) is 0 Å². The van der Waals surface area contributed by atoms with Gasteiger partial charge in [-0.1, -0.05) is 12.1 Å². The molecule has 1 aliphatic heterocycles. The van der Waals surface area contributed by atoms with Crippen LogP contribution in [0.5, 0.6) is 0 Å². The van der Waals surface area contributed by atoms with Gasteiger partial charge in [0, 0.05) is 47.8 Å². The van der Waals surface area contributed by atoms with Crippen molar-refractivity contribution in [2.24, 2.45) is 0 Å². The van der Waals surface area contributed by atoms with Gasteiger partial charge in [0.15, 0.2) is 0 Å². The molecule has 0 saturated carbocycles. The van der Waals surface area contributed by atoms with Gasteiger partial charge in [0.25, 0.3) is 5.56 Å². The molecule has 1 aliphatic rings. The summed E-state index contributed by atoms with van der Waals surface area (Å²) in [7, 11) is 0. The number of hydrogen-bond donors (Lipinski definition) is 3. The number of H-pyrrole nitrogens is 3. The van der Waals surface area contributed by atoms with Gasteiger partial charge in [-0.3, -0.25) is 14.8 Å². The number of hydrogen-bond acceptors (Lipinski definition) is 3. The number of benzene rings is 2. The molecule has 166 valence electrons. The Morgan fingerprint density at radius 1 is 0.939 bits per heavy atom. The number of alkyl halides is 1. The average Bonchev–Trinajstić information content (AvgIpc) is 3.50. The molecule has 5 aromatic rings. The zero-order chi connectivity index (χ0) is 22.4. The second-order valence-electron chi connectivity index (χ2n) is 8.86. The average molecular weight is 442 g/mol. The highest BCUT2D eigenvalue weighted by Crippen LogP contribution is 2.28. The highest BCUT2D eigenvalue weighted by Gasteiger charge is 2.18. The van der Waals surface area contributed by atoms with Gasteiger partial charge >= 0.3 is 0 Å². The van der Waals surface area contributed by atoms with E-state index in [0.29, 0.717) is 18.4 Å². The van der Waals surface area contributed by atoms with Crippen LogP contribution in [0.1, 0.15) is 18.4 Å². The highest BCUT2D eigenvalue weighted by atomic mass is 19.1.